The minimum Gasteiger partial charge on any atom is -0.480 e. The minimum absolute atomic E-state index is 0.0484. The first-order valence-corrected chi connectivity index (χ1v) is 10.7. The van der Waals surface area contributed by atoms with Crippen molar-refractivity contribution in [3.8, 4) is 17.0 Å². The summed E-state index contributed by atoms with van der Waals surface area (Å²) in [6.45, 7) is 0.430. The Kier molecular flexibility index (Phi) is 5.62. The average Bonchev–Trinajstić information content (AvgIpc) is 3.45. The number of imidazole rings is 1. The van der Waals surface area contributed by atoms with Crippen molar-refractivity contribution >= 4 is 22.6 Å². The van der Waals surface area contributed by atoms with Crippen LogP contribution in [0.5, 0.6) is 5.88 Å². The van der Waals surface area contributed by atoms with E-state index in [-0.39, 0.29) is 24.4 Å². The number of H-pyrrole nitrogens is 1. The van der Waals surface area contributed by atoms with Gasteiger partial charge in [0.25, 0.3) is 0 Å². The molecule has 0 aliphatic heterocycles. The predicted octanol–water partition coefficient (Wildman–Crippen LogP) is 3.15. The summed E-state index contributed by atoms with van der Waals surface area (Å²) in [5.41, 5.74) is 2.31. The Bertz CT molecular complexity index is 1230. The van der Waals surface area contributed by atoms with Gasteiger partial charge in [0.15, 0.2) is 11.5 Å². The van der Waals surface area contributed by atoms with Gasteiger partial charge in [0.1, 0.15) is 5.65 Å². The van der Waals surface area contributed by atoms with E-state index in [1.54, 1.807) is 30.1 Å². The third-order valence-corrected chi connectivity index (χ3v) is 5.90. The number of aromatic nitrogens is 5. The molecule has 9 nitrogen and oxygen atoms in total. The van der Waals surface area contributed by atoms with E-state index >= 15 is 0 Å². The lowest BCUT2D eigenvalue weighted by Gasteiger charge is -2.29. The lowest BCUT2D eigenvalue weighted by Crippen LogP contribution is -2.30. The number of aliphatic hydroxyl groups excluding tert-OH is 1. The van der Waals surface area contributed by atoms with Gasteiger partial charge in [-0.2, -0.15) is 9.97 Å². The number of rotatable bonds is 7. The first kappa shape index (κ1) is 20.7. The summed E-state index contributed by atoms with van der Waals surface area (Å²) in [6, 6.07) is 1.69. The smallest absolute Gasteiger partial charge is 0.228 e. The van der Waals surface area contributed by atoms with Crippen molar-refractivity contribution in [1.82, 2.24) is 24.3 Å². The maximum absolute atomic E-state index is 14.5. The van der Waals surface area contributed by atoms with E-state index in [2.05, 4.69) is 25.3 Å². The van der Waals surface area contributed by atoms with E-state index in [4.69, 9.17) is 14.6 Å². The molecule has 0 amide bonds. The number of methoxy groups -OCH3 is 1. The summed E-state index contributed by atoms with van der Waals surface area (Å²) >= 11 is 0. The highest BCUT2D eigenvalue weighted by atomic mass is 19.1. The monoisotopic (exact) mass is 440 g/mol. The van der Waals surface area contributed by atoms with Gasteiger partial charge in [-0.25, -0.2) is 9.37 Å². The van der Waals surface area contributed by atoms with E-state index in [1.165, 1.54) is 6.07 Å². The second-order valence-electron chi connectivity index (χ2n) is 7.93. The molecular weight excluding hydrogens is 415 g/mol. The molecule has 168 valence electrons. The van der Waals surface area contributed by atoms with Gasteiger partial charge in [-0.15, -0.1) is 0 Å². The zero-order chi connectivity index (χ0) is 22.1. The topological polar surface area (TPSA) is 110 Å². The van der Waals surface area contributed by atoms with Crippen LogP contribution in [-0.4, -0.2) is 61.9 Å². The lowest BCUT2D eigenvalue weighted by atomic mass is 9.93. The molecule has 0 bridgehead atoms. The molecule has 0 atom stereocenters. The van der Waals surface area contributed by atoms with Gasteiger partial charge < -0.3 is 29.3 Å². The first-order valence-electron chi connectivity index (χ1n) is 10.7. The molecule has 5 rings (SSSR count). The zero-order valence-corrected chi connectivity index (χ0v) is 17.7. The molecule has 0 unspecified atom stereocenters. The highest BCUT2D eigenvalue weighted by Gasteiger charge is 2.23. The molecule has 1 saturated carbocycles. The largest absolute Gasteiger partial charge is 0.480 e. The Morgan fingerprint density at radius 3 is 2.91 bits per heavy atom. The molecule has 4 aromatic heterocycles. The van der Waals surface area contributed by atoms with Crippen LogP contribution in [0.25, 0.3) is 27.8 Å². The van der Waals surface area contributed by atoms with Gasteiger partial charge in [0, 0.05) is 42.0 Å². The maximum Gasteiger partial charge on any atom is 0.228 e. The van der Waals surface area contributed by atoms with Gasteiger partial charge in [-0.05, 0) is 31.7 Å². The summed E-state index contributed by atoms with van der Waals surface area (Å²) in [7, 11) is 1.56. The number of pyridine rings is 1. The van der Waals surface area contributed by atoms with Crippen molar-refractivity contribution in [2.45, 2.75) is 37.8 Å². The van der Waals surface area contributed by atoms with Crippen molar-refractivity contribution in [3.05, 3.63) is 36.7 Å². The highest BCUT2D eigenvalue weighted by molar-refractivity contribution is 5.97. The Hall–Kier alpha value is -3.24. The number of hydrogen-bond donors (Lipinski definition) is 3. The van der Waals surface area contributed by atoms with Crippen LogP contribution in [0.4, 0.5) is 10.3 Å². The van der Waals surface area contributed by atoms with E-state index in [0.717, 1.165) is 31.2 Å². The molecule has 10 heteroatoms. The quantitative estimate of drug-likeness (QED) is 0.405. The van der Waals surface area contributed by atoms with Crippen LogP contribution in [0.1, 0.15) is 25.7 Å². The summed E-state index contributed by atoms with van der Waals surface area (Å²) in [6.07, 6.45) is 10.8. The van der Waals surface area contributed by atoms with Crippen LogP contribution < -0.4 is 10.1 Å². The third kappa shape index (κ3) is 3.87. The number of aliphatic hydroxyl groups is 1. The van der Waals surface area contributed by atoms with Crippen LogP contribution >= 0.6 is 0 Å². The molecule has 0 spiro atoms. The molecule has 4 aromatic rings. The number of nitrogens with one attached hydrogen (secondary N) is 2. The summed E-state index contributed by atoms with van der Waals surface area (Å²) in [5.74, 6) is 0.497. The van der Waals surface area contributed by atoms with Gasteiger partial charge >= 0.3 is 0 Å². The van der Waals surface area contributed by atoms with E-state index in [9.17, 15) is 4.39 Å². The highest BCUT2D eigenvalue weighted by Crippen LogP contribution is 2.35. The number of aromatic amines is 1. The van der Waals surface area contributed by atoms with Crippen molar-refractivity contribution in [3.63, 3.8) is 0 Å². The molecule has 0 aromatic carbocycles. The minimum atomic E-state index is -0.404. The van der Waals surface area contributed by atoms with Crippen molar-refractivity contribution in [2.75, 3.05) is 25.6 Å². The molecule has 1 aliphatic rings. The number of hydrogen-bond acceptors (Lipinski definition) is 7. The van der Waals surface area contributed by atoms with Gasteiger partial charge in [0.2, 0.25) is 11.8 Å². The maximum atomic E-state index is 14.5. The van der Waals surface area contributed by atoms with Crippen LogP contribution in [0, 0.1) is 5.82 Å². The molecule has 0 saturated heterocycles. The predicted molar refractivity (Wildman–Crippen MR) is 117 cm³/mol. The van der Waals surface area contributed by atoms with Crippen molar-refractivity contribution in [2.24, 2.45) is 0 Å². The number of nitrogens with zero attached hydrogens (tertiary/aromatic N) is 4. The van der Waals surface area contributed by atoms with Crippen molar-refractivity contribution in [1.29, 1.82) is 0 Å². The Balaban J connectivity index is 1.41. The second-order valence-corrected chi connectivity index (χ2v) is 7.93. The standard InChI is InChI=1S/C22H25FN6O3/c1-31-21-18-16(13-10-17(23)20-24-6-7-29(20)12-13)11-25-19(18)27-22(28-21)26-14-2-4-15(5-3-14)32-9-8-30/h6-7,10-12,14-15,30H,2-5,8-9H2,1H3,(H2,25,26,27,28)/t14-,15+. The number of anilines is 1. The first-order chi connectivity index (χ1) is 15.7. The van der Waals surface area contributed by atoms with E-state index < -0.39 is 5.82 Å². The molecule has 1 aliphatic carbocycles. The Morgan fingerprint density at radius 1 is 1.28 bits per heavy atom. The van der Waals surface area contributed by atoms with Crippen LogP contribution in [0.2, 0.25) is 0 Å². The normalized spacial score (nSPS) is 19.0. The summed E-state index contributed by atoms with van der Waals surface area (Å²) in [5, 5.41) is 13.0. The summed E-state index contributed by atoms with van der Waals surface area (Å²) < 4.78 is 27.3. The summed E-state index contributed by atoms with van der Waals surface area (Å²) in [4.78, 5) is 16.4. The molecular formula is C22H25FN6O3. The molecule has 3 N–H and O–H groups in total. The van der Waals surface area contributed by atoms with Crippen molar-refractivity contribution < 1.29 is 19.0 Å². The fourth-order valence-electron chi connectivity index (χ4n) is 4.35. The number of halogens is 1. The fourth-order valence-corrected chi connectivity index (χ4v) is 4.35. The Labute approximate surface area is 183 Å². The van der Waals surface area contributed by atoms with Gasteiger partial charge in [0.05, 0.1) is 31.8 Å². The average molecular weight is 440 g/mol. The molecule has 1 fully saturated rings. The van der Waals surface area contributed by atoms with Gasteiger partial charge in [-0.3, -0.25) is 0 Å². The lowest BCUT2D eigenvalue weighted by molar-refractivity contribution is 0.00719. The third-order valence-electron chi connectivity index (χ3n) is 5.90. The van der Waals surface area contributed by atoms with E-state index in [0.29, 0.717) is 35.0 Å². The molecule has 0 radical (unpaired) electrons. The van der Waals surface area contributed by atoms with Gasteiger partial charge in [-0.1, -0.05) is 0 Å². The van der Waals surface area contributed by atoms with E-state index in [1.807, 2.05) is 6.20 Å². The Morgan fingerprint density at radius 2 is 2.12 bits per heavy atom. The van der Waals surface area contributed by atoms with Crippen LogP contribution in [-0.2, 0) is 4.74 Å². The fraction of sp³-hybridized carbons (Fsp3) is 0.409. The zero-order valence-electron chi connectivity index (χ0n) is 17.7. The molecule has 32 heavy (non-hydrogen) atoms. The number of fused-ring (bicyclic) bond motifs is 2. The van der Waals surface area contributed by atoms with Crippen LogP contribution in [0.15, 0.2) is 30.9 Å². The molecule has 4 heterocycles. The van der Waals surface area contributed by atoms with Crippen LogP contribution in [0.3, 0.4) is 0 Å². The SMILES string of the molecule is COc1nc(N[C@H]2CC[C@@H](OCCO)CC2)nc2[nH]cc(-c3cc(F)c4nccn4c3)c12. The number of ether oxygens (including phenoxy) is 2. The second kappa shape index (κ2) is 8.71.